The third-order valence-corrected chi connectivity index (χ3v) is 5.97. The molecule has 2 amide bonds. The summed E-state index contributed by atoms with van der Waals surface area (Å²) in [6.45, 7) is 1.37. The minimum atomic E-state index is -1.15. The molecule has 0 saturated carbocycles. The van der Waals surface area contributed by atoms with Gasteiger partial charge in [0.05, 0.1) is 0 Å². The number of anilines is 1. The topological polar surface area (TPSA) is 95.9 Å². The van der Waals surface area contributed by atoms with Crippen molar-refractivity contribution in [3.8, 4) is 11.1 Å². The minimum absolute atomic E-state index is 0.0956. The lowest BCUT2D eigenvalue weighted by atomic mass is 9.98. The first-order chi connectivity index (χ1) is 16.5. The predicted octanol–water partition coefficient (Wildman–Crippen LogP) is 4.42. The summed E-state index contributed by atoms with van der Waals surface area (Å²) in [6, 6.07) is 23.7. The van der Waals surface area contributed by atoms with Gasteiger partial charge in [-0.1, -0.05) is 73.7 Å². The second-order valence-electron chi connectivity index (χ2n) is 8.08. The van der Waals surface area contributed by atoms with Crippen molar-refractivity contribution in [2.75, 3.05) is 18.1 Å². The molecule has 0 spiro atoms. The van der Waals surface area contributed by atoms with Gasteiger partial charge in [-0.25, -0.2) is 4.79 Å². The average molecular weight is 459 g/mol. The Balaban J connectivity index is 1.45. The van der Waals surface area contributed by atoms with Crippen molar-refractivity contribution in [3.63, 3.8) is 0 Å². The van der Waals surface area contributed by atoms with Crippen LogP contribution in [-0.4, -0.2) is 42.3 Å². The van der Waals surface area contributed by atoms with Crippen molar-refractivity contribution in [1.82, 2.24) is 5.32 Å². The Morgan fingerprint density at radius 1 is 0.912 bits per heavy atom. The normalized spacial score (nSPS) is 12.9. The van der Waals surface area contributed by atoms with Gasteiger partial charge in [-0.3, -0.25) is 14.5 Å². The molecule has 7 nitrogen and oxygen atoms in total. The molecule has 1 atom stereocenters. The number of amides is 2. The number of para-hydroxylation sites is 1. The number of ether oxygens (including phenoxy) is 1. The van der Waals surface area contributed by atoms with E-state index in [1.807, 2.05) is 36.4 Å². The van der Waals surface area contributed by atoms with Gasteiger partial charge >= 0.3 is 12.1 Å². The highest BCUT2D eigenvalue weighted by molar-refractivity contribution is 6.01. The van der Waals surface area contributed by atoms with Crippen LogP contribution in [0.4, 0.5) is 10.5 Å². The molecule has 0 heterocycles. The highest BCUT2D eigenvalue weighted by atomic mass is 16.5. The molecule has 2 N–H and O–H groups in total. The van der Waals surface area contributed by atoms with Gasteiger partial charge in [0.25, 0.3) is 0 Å². The molecule has 1 aliphatic carbocycles. The molecule has 0 fully saturated rings. The number of aliphatic carboxylic acids is 1. The Hall–Kier alpha value is -4.13. The van der Waals surface area contributed by atoms with Crippen molar-refractivity contribution < 1.29 is 24.2 Å². The van der Waals surface area contributed by atoms with E-state index in [2.05, 4.69) is 17.4 Å². The fourth-order valence-corrected chi connectivity index (χ4v) is 4.35. The van der Waals surface area contributed by atoms with Gasteiger partial charge in [0.2, 0.25) is 5.91 Å². The molecule has 3 aromatic rings. The van der Waals surface area contributed by atoms with Crippen LogP contribution >= 0.6 is 0 Å². The average Bonchev–Trinajstić information content (AvgIpc) is 3.18. The number of alkyl carbamates (subject to hydrolysis) is 1. The van der Waals surface area contributed by atoms with Crippen molar-refractivity contribution >= 4 is 23.7 Å². The molecule has 0 bridgehead atoms. The lowest BCUT2D eigenvalue weighted by Crippen LogP contribution is -2.50. The maximum absolute atomic E-state index is 13.1. The van der Waals surface area contributed by atoms with E-state index in [1.54, 1.807) is 37.3 Å². The molecule has 0 unspecified atom stereocenters. The van der Waals surface area contributed by atoms with E-state index in [0.29, 0.717) is 5.69 Å². The zero-order chi connectivity index (χ0) is 24.1. The second kappa shape index (κ2) is 10.2. The second-order valence-corrected chi connectivity index (χ2v) is 8.08. The van der Waals surface area contributed by atoms with E-state index in [-0.39, 0.29) is 18.9 Å². The smallest absolute Gasteiger partial charge is 0.407 e. The van der Waals surface area contributed by atoms with Crippen LogP contribution in [0.5, 0.6) is 0 Å². The van der Waals surface area contributed by atoms with Crippen LogP contribution in [-0.2, 0) is 14.3 Å². The van der Waals surface area contributed by atoms with Gasteiger partial charge in [-0.05, 0) is 40.8 Å². The molecular weight excluding hydrogens is 432 g/mol. The van der Waals surface area contributed by atoms with Crippen LogP contribution in [0.15, 0.2) is 78.9 Å². The quantitative estimate of drug-likeness (QED) is 0.521. The van der Waals surface area contributed by atoms with Crippen LogP contribution in [0.2, 0.25) is 0 Å². The summed E-state index contributed by atoms with van der Waals surface area (Å²) < 4.78 is 5.55. The number of carbonyl (C=O) groups is 3. The zero-order valence-corrected chi connectivity index (χ0v) is 18.8. The van der Waals surface area contributed by atoms with Gasteiger partial charge in [0.1, 0.15) is 19.2 Å². The van der Waals surface area contributed by atoms with Gasteiger partial charge in [0, 0.05) is 11.6 Å². The zero-order valence-electron chi connectivity index (χ0n) is 18.8. The summed E-state index contributed by atoms with van der Waals surface area (Å²) in [5, 5.41) is 11.9. The number of rotatable bonds is 8. The summed E-state index contributed by atoms with van der Waals surface area (Å²) >= 11 is 0. The minimum Gasteiger partial charge on any atom is -0.480 e. The summed E-state index contributed by atoms with van der Waals surface area (Å²) in [7, 11) is 0. The highest BCUT2D eigenvalue weighted by Crippen LogP contribution is 2.44. The van der Waals surface area contributed by atoms with Gasteiger partial charge in [0.15, 0.2) is 0 Å². The van der Waals surface area contributed by atoms with Crippen molar-refractivity contribution in [2.24, 2.45) is 0 Å². The Labute approximate surface area is 198 Å². The monoisotopic (exact) mass is 458 g/mol. The van der Waals surface area contributed by atoms with Gasteiger partial charge < -0.3 is 15.2 Å². The molecule has 0 radical (unpaired) electrons. The van der Waals surface area contributed by atoms with E-state index in [9.17, 15) is 19.5 Å². The third-order valence-electron chi connectivity index (χ3n) is 5.97. The largest absolute Gasteiger partial charge is 0.480 e. The molecule has 0 saturated heterocycles. The van der Waals surface area contributed by atoms with Crippen molar-refractivity contribution in [2.45, 2.75) is 25.3 Å². The molecule has 7 heteroatoms. The van der Waals surface area contributed by atoms with E-state index in [4.69, 9.17) is 4.74 Å². The van der Waals surface area contributed by atoms with E-state index < -0.39 is 30.6 Å². The van der Waals surface area contributed by atoms with E-state index in [1.165, 1.54) is 0 Å². The highest BCUT2D eigenvalue weighted by Gasteiger charge is 2.31. The molecule has 34 heavy (non-hydrogen) atoms. The van der Waals surface area contributed by atoms with Crippen molar-refractivity contribution in [3.05, 3.63) is 90.0 Å². The van der Waals surface area contributed by atoms with E-state index in [0.717, 1.165) is 27.2 Å². The molecule has 4 rings (SSSR count). The number of carboxylic acid groups (broad SMARTS) is 1. The van der Waals surface area contributed by atoms with Crippen molar-refractivity contribution in [1.29, 1.82) is 0 Å². The standard InChI is InChI=1S/C27H26N2O5/c1-2-24(26(32)29(16-25(30)31)18-10-4-3-5-11-18)28-27(33)34-17-23-21-14-8-6-12-19(21)20-13-7-9-15-22(20)23/h3-15,23-24H,2,16-17H2,1H3,(H,28,33)(H,30,31)/t24-/m0/s1. The number of benzene rings is 3. The van der Waals surface area contributed by atoms with E-state index >= 15 is 0 Å². The molecule has 1 aliphatic rings. The Kier molecular flexibility index (Phi) is 6.92. The number of hydrogen-bond donors (Lipinski definition) is 2. The van der Waals surface area contributed by atoms with Crippen LogP contribution in [0.25, 0.3) is 11.1 Å². The molecular formula is C27H26N2O5. The molecule has 0 aromatic heterocycles. The molecule has 174 valence electrons. The Morgan fingerprint density at radius 3 is 2.03 bits per heavy atom. The fraction of sp³-hybridized carbons (Fsp3) is 0.222. The molecule has 3 aromatic carbocycles. The number of nitrogens with one attached hydrogen (secondary N) is 1. The first kappa shape index (κ1) is 23.0. The van der Waals surface area contributed by atoms with Crippen LogP contribution in [0.3, 0.4) is 0 Å². The Bertz CT molecular complexity index is 1150. The van der Waals surface area contributed by atoms with Crippen LogP contribution in [0.1, 0.15) is 30.4 Å². The summed E-state index contributed by atoms with van der Waals surface area (Å²) in [5.41, 5.74) is 4.89. The fourth-order valence-electron chi connectivity index (χ4n) is 4.35. The van der Waals surface area contributed by atoms with Gasteiger partial charge in [-0.2, -0.15) is 0 Å². The summed E-state index contributed by atoms with van der Waals surface area (Å²) in [4.78, 5) is 38.3. The lowest BCUT2D eigenvalue weighted by molar-refractivity contribution is -0.136. The van der Waals surface area contributed by atoms with Crippen LogP contribution < -0.4 is 10.2 Å². The number of carboxylic acids is 1. The number of fused-ring (bicyclic) bond motifs is 3. The predicted molar refractivity (Wildman–Crippen MR) is 129 cm³/mol. The third kappa shape index (κ3) is 4.78. The van der Waals surface area contributed by atoms with Gasteiger partial charge in [-0.15, -0.1) is 0 Å². The summed E-state index contributed by atoms with van der Waals surface area (Å²) in [5.74, 6) is -1.75. The maximum Gasteiger partial charge on any atom is 0.407 e. The first-order valence-corrected chi connectivity index (χ1v) is 11.2. The maximum atomic E-state index is 13.1. The summed E-state index contributed by atoms with van der Waals surface area (Å²) in [6.07, 6.45) is -0.434. The lowest BCUT2D eigenvalue weighted by Gasteiger charge is -2.26. The number of hydrogen-bond acceptors (Lipinski definition) is 4. The molecule has 0 aliphatic heterocycles. The first-order valence-electron chi connectivity index (χ1n) is 11.2. The van der Waals surface area contributed by atoms with Crippen LogP contribution in [0, 0.1) is 0 Å². The Morgan fingerprint density at radius 2 is 1.47 bits per heavy atom. The number of nitrogens with zero attached hydrogens (tertiary/aromatic N) is 1. The number of carbonyl (C=O) groups excluding carboxylic acids is 2. The SMILES string of the molecule is CC[C@H](NC(=O)OCC1c2ccccc2-c2ccccc21)C(=O)N(CC(=O)O)c1ccccc1.